The van der Waals surface area contributed by atoms with Gasteiger partial charge in [0.1, 0.15) is 5.75 Å². The number of rotatable bonds is 6. The number of piperazine rings is 1. The number of nitrogens with one attached hydrogen (secondary N) is 1. The van der Waals surface area contributed by atoms with Crippen LogP contribution in [-0.4, -0.2) is 49.1 Å². The number of ether oxygens (including phenoxy) is 2. The third kappa shape index (κ3) is 3.91. The van der Waals surface area contributed by atoms with E-state index in [1.165, 1.54) is 12.1 Å². The highest BCUT2D eigenvalue weighted by atomic mass is 16.6. The largest absolute Gasteiger partial charge is 0.496 e. The quantitative estimate of drug-likeness (QED) is 0.607. The van der Waals surface area contributed by atoms with E-state index in [9.17, 15) is 14.9 Å². The number of hydrogen-bond acceptors (Lipinski definition) is 6. The third-order valence-corrected chi connectivity index (χ3v) is 4.70. The lowest BCUT2D eigenvalue weighted by atomic mass is 10.0. The molecule has 148 valence electrons. The van der Waals surface area contributed by atoms with E-state index in [1.807, 2.05) is 24.3 Å². The number of amides is 1. The smallest absolute Gasteiger partial charge is 0.311 e. The Morgan fingerprint density at radius 2 is 2.07 bits per heavy atom. The molecule has 8 nitrogen and oxygen atoms in total. The van der Waals surface area contributed by atoms with E-state index in [0.29, 0.717) is 32.0 Å². The van der Waals surface area contributed by atoms with Crippen molar-refractivity contribution >= 4 is 11.6 Å². The molecule has 3 rings (SSSR count). The van der Waals surface area contributed by atoms with E-state index in [2.05, 4.69) is 5.32 Å². The summed E-state index contributed by atoms with van der Waals surface area (Å²) in [5.41, 5.74) is 0.944. The summed E-state index contributed by atoms with van der Waals surface area (Å²) < 4.78 is 10.8. The summed E-state index contributed by atoms with van der Waals surface area (Å²) in [7, 11) is 1.59. The van der Waals surface area contributed by atoms with Crippen LogP contribution in [0, 0.1) is 10.1 Å². The van der Waals surface area contributed by atoms with Crippen molar-refractivity contribution in [2.75, 3.05) is 33.4 Å². The van der Waals surface area contributed by atoms with Gasteiger partial charge in [0.15, 0.2) is 5.75 Å². The molecule has 1 atom stereocenters. The van der Waals surface area contributed by atoms with Crippen LogP contribution in [0.1, 0.15) is 28.9 Å². The van der Waals surface area contributed by atoms with Gasteiger partial charge in [0.25, 0.3) is 5.91 Å². The number of nitro groups is 1. The Morgan fingerprint density at radius 3 is 2.79 bits per heavy atom. The zero-order valence-electron chi connectivity index (χ0n) is 15.9. The molecule has 0 spiro atoms. The highest BCUT2D eigenvalue weighted by Crippen LogP contribution is 2.33. The van der Waals surface area contributed by atoms with Gasteiger partial charge in [0.2, 0.25) is 0 Å². The van der Waals surface area contributed by atoms with Gasteiger partial charge in [-0.25, -0.2) is 0 Å². The molecule has 0 radical (unpaired) electrons. The molecule has 2 aromatic rings. The molecule has 1 unspecified atom stereocenters. The maximum absolute atomic E-state index is 13.2. The fourth-order valence-electron chi connectivity index (χ4n) is 3.40. The lowest BCUT2D eigenvalue weighted by molar-refractivity contribution is -0.385. The van der Waals surface area contributed by atoms with Gasteiger partial charge in [-0.05, 0) is 25.1 Å². The first kappa shape index (κ1) is 19.6. The van der Waals surface area contributed by atoms with Gasteiger partial charge < -0.3 is 19.7 Å². The minimum Gasteiger partial charge on any atom is -0.496 e. The fourth-order valence-corrected chi connectivity index (χ4v) is 3.40. The van der Waals surface area contributed by atoms with Crippen LogP contribution in [0.3, 0.4) is 0 Å². The molecule has 1 fully saturated rings. The van der Waals surface area contributed by atoms with Gasteiger partial charge in [0, 0.05) is 36.8 Å². The summed E-state index contributed by atoms with van der Waals surface area (Å²) in [4.78, 5) is 25.8. The molecule has 8 heteroatoms. The first-order chi connectivity index (χ1) is 13.6. The number of carbonyl (C=O) groups is 1. The van der Waals surface area contributed by atoms with E-state index in [1.54, 1.807) is 25.0 Å². The van der Waals surface area contributed by atoms with Crippen molar-refractivity contribution in [1.82, 2.24) is 10.2 Å². The summed E-state index contributed by atoms with van der Waals surface area (Å²) in [5, 5.41) is 14.7. The Balaban J connectivity index is 1.95. The number of nitrogens with zero attached hydrogens (tertiary/aromatic N) is 2. The van der Waals surface area contributed by atoms with E-state index in [4.69, 9.17) is 9.47 Å². The van der Waals surface area contributed by atoms with Gasteiger partial charge in [-0.15, -0.1) is 0 Å². The second-order valence-electron chi connectivity index (χ2n) is 6.33. The molecule has 1 heterocycles. The summed E-state index contributed by atoms with van der Waals surface area (Å²) in [6, 6.07) is 11.7. The highest BCUT2D eigenvalue weighted by molar-refractivity contribution is 5.95. The molecule has 1 aliphatic rings. The van der Waals surface area contributed by atoms with Crippen molar-refractivity contribution in [3.8, 4) is 11.5 Å². The van der Waals surface area contributed by atoms with Crippen LogP contribution in [-0.2, 0) is 0 Å². The second-order valence-corrected chi connectivity index (χ2v) is 6.33. The zero-order valence-corrected chi connectivity index (χ0v) is 15.9. The molecule has 0 saturated carbocycles. The summed E-state index contributed by atoms with van der Waals surface area (Å²) >= 11 is 0. The average Bonchev–Trinajstić information content (AvgIpc) is 2.73. The molecule has 0 aromatic heterocycles. The fraction of sp³-hybridized carbons (Fsp3) is 0.350. The number of benzene rings is 2. The standard InChI is InChI=1S/C20H23N3O5/c1-3-28-19-9-8-14(12-16(19)23(25)26)20(24)22-11-10-21-13-17(22)15-6-4-5-7-18(15)27-2/h4-9,12,17,21H,3,10-11,13H2,1-2H3. The first-order valence-corrected chi connectivity index (χ1v) is 9.12. The minimum absolute atomic E-state index is 0.158. The Kier molecular flexibility index (Phi) is 6.10. The lowest BCUT2D eigenvalue weighted by Crippen LogP contribution is -2.48. The Hall–Kier alpha value is -3.13. The van der Waals surface area contributed by atoms with Crippen LogP contribution in [0.4, 0.5) is 5.69 Å². The van der Waals surface area contributed by atoms with Crippen molar-refractivity contribution in [2.45, 2.75) is 13.0 Å². The molecule has 1 aliphatic heterocycles. The topological polar surface area (TPSA) is 93.9 Å². The number of nitro benzene ring substituents is 1. The van der Waals surface area contributed by atoms with Crippen LogP contribution >= 0.6 is 0 Å². The summed E-state index contributed by atoms with van der Waals surface area (Å²) in [6.07, 6.45) is 0. The van der Waals surface area contributed by atoms with Crippen LogP contribution in [0.15, 0.2) is 42.5 Å². The number of para-hydroxylation sites is 1. The van der Waals surface area contributed by atoms with E-state index >= 15 is 0 Å². The highest BCUT2D eigenvalue weighted by Gasteiger charge is 2.31. The monoisotopic (exact) mass is 385 g/mol. The average molecular weight is 385 g/mol. The van der Waals surface area contributed by atoms with E-state index in [0.717, 1.165) is 5.56 Å². The maximum Gasteiger partial charge on any atom is 0.311 e. The van der Waals surface area contributed by atoms with Crippen molar-refractivity contribution in [3.63, 3.8) is 0 Å². The van der Waals surface area contributed by atoms with Crippen LogP contribution in [0.25, 0.3) is 0 Å². The summed E-state index contributed by atoms with van der Waals surface area (Å²) in [5.74, 6) is 0.598. The van der Waals surface area contributed by atoms with Gasteiger partial charge in [-0.3, -0.25) is 14.9 Å². The van der Waals surface area contributed by atoms with E-state index in [-0.39, 0.29) is 28.9 Å². The SMILES string of the molecule is CCOc1ccc(C(=O)N2CCNCC2c2ccccc2OC)cc1[N+](=O)[O-]. The molecule has 0 aliphatic carbocycles. The van der Waals surface area contributed by atoms with E-state index < -0.39 is 4.92 Å². The van der Waals surface area contributed by atoms with Gasteiger partial charge >= 0.3 is 5.69 Å². The Bertz CT molecular complexity index is 871. The predicted octanol–water partition coefficient (Wildman–Crippen LogP) is 2.79. The Morgan fingerprint density at radius 1 is 1.29 bits per heavy atom. The lowest BCUT2D eigenvalue weighted by Gasteiger charge is -2.37. The molecule has 2 aromatic carbocycles. The molecule has 0 bridgehead atoms. The van der Waals surface area contributed by atoms with Gasteiger partial charge in [0.05, 0.1) is 24.7 Å². The normalized spacial score (nSPS) is 16.5. The van der Waals surface area contributed by atoms with Crippen molar-refractivity contribution < 1.29 is 19.2 Å². The number of hydrogen-bond donors (Lipinski definition) is 1. The number of carbonyl (C=O) groups excluding carboxylic acids is 1. The third-order valence-electron chi connectivity index (χ3n) is 4.70. The molecule has 28 heavy (non-hydrogen) atoms. The Labute approximate surface area is 163 Å². The zero-order chi connectivity index (χ0) is 20.1. The van der Waals surface area contributed by atoms with Gasteiger partial charge in [-0.2, -0.15) is 0 Å². The molecule has 1 amide bonds. The molecule has 1 saturated heterocycles. The van der Waals surface area contributed by atoms with Gasteiger partial charge in [-0.1, -0.05) is 18.2 Å². The predicted molar refractivity (Wildman–Crippen MR) is 104 cm³/mol. The van der Waals surface area contributed by atoms with Crippen molar-refractivity contribution in [1.29, 1.82) is 0 Å². The molecular formula is C20H23N3O5. The second kappa shape index (κ2) is 8.71. The van der Waals surface area contributed by atoms with Crippen molar-refractivity contribution in [3.05, 3.63) is 63.7 Å². The number of methoxy groups -OCH3 is 1. The molecular weight excluding hydrogens is 362 g/mol. The minimum atomic E-state index is -0.531. The van der Waals surface area contributed by atoms with Crippen LogP contribution in [0.2, 0.25) is 0 Å². The van der Waals surface area contributed by atoms with Crippen LogP contribution in [0.5, 0.6) is 11.5 Å². The summed E-state index contributed by atoms with van der Waals surface area (Å²) in [6.45, 7) is 3.77. The van der Waals surface area contributed by atoms with Crippen LogP contribution < -0.4 is 14.8 Å². The molecule has 1 N–H and O–H groups in total. The maximum atomic E-state index is 13.2. The first-order valence-electron chi connectivity index (χ1n) is 9.12. The van der Waals surface area contributed by atoms with Crippen molar-refractivity contribution in [2.24, 2.45) is 0 Å².